The fourth-order valence-corrected chi connectivity index (χ4v) is 2.95. The van der Waals surface area contributed by atoms with Crippen LogP contribution in [0.1, 0.15) is 51.4 Å². The zero-order valence-electron chi connectivity index (χ0n) is 15.5. The van der Waals surface area contributed by atoms with Gasteiger partial charge in [-0.2, -0.15) is 0 Å². The van der Waals surface area contributed by atoms with E-state index in [-0.39, 0.29) is 43.3 Å². The molecule has 1 saturated carbocycles. The number of esters is 3. The number of hydrogen-bond donors (Lipinski definition) is 0. The predicted octanol–water partition coefficient (Wildman–Crippen LogP) is 1.93. The van der Waals surface area contributed by atoms with Gasteiger partial charge in [0.15, 0.2) is 0 Å². The third kappa shape index (κ3) is 9.43. The second-order valence-corrected chi connectivity index (χ2v) is 6.35. The Labute approximate surface area is 150 Å². The molecule has 0 aromatic carbocycles. The lowest BCUT2D eigenvalue weighted by molar-refractivity contribution is -0.150. The monoisotopic (exact) mass is 357 g/mol. The van der Waals surface area contributed by atoms with Gasteiger partial charge in [-0.1, -0.05) is 25.7 Å². The van der Waals surface area contributed by atoms with Crippen molar-refractivity contribution in [2.75, 3.05) is 40.5 Å². The predicted molar refractivity (Wildman–Crippen MR) is 91.9 cm³/mol. The molecule has 0 spiro atoms. The van der Waals surface area contributed by atoms with E-state index in [0.717, 1.165) is 25.7 Å². The molecule has 0 radical (unpaired) electrons. The first kappa shape index (κ1) is 21.4. The lowest BCUT2D eigenvalue weighted by atomic mass is 10.0. The molecule has 0 bridgehead atoms. The smallest absolute Gasteiger partial charge is 0.308 e. The maximum absolute atomic E-state index is 12.2. The molecular formula is C18H31NO6. The van der Waals surface area contributed by atoms with E-state index in [0.29, 0.717) is 19.6 Å². The minimum atomic E-state index is -0.307. The van der Waals surface area contributed by atoms with Gasteiger partial charge in [0.05, 0.1) is 33.0 Å². The van der Waals surface area contributed by atoms with Crippen LogP contribution in [-0.2, 0) is 28.6 Å². The van der Waals surface area contributed by atoms with Gasteiger partial charge in [-0.3, -0.25) is 19.3 Å². The molecule has 0 saturated heterocycles. The zero-order valence-corrected chi connectivity index (χ0v) is 15.5. The highest BCUT2D eigenvalue weighted by molar-refractivity contribution is 5.72. The summed E-state index contributed by atoms with van der Waals surface area (Å²) in [5.41, 5.74) is 0. The summed E-state index contributed by atoms with van der Waals surface area (Å²) in [4.78, 5) is 36.7. The number of rotatable bonds is 10. The standard InChI is InChI=1S/C18H31NO6/c1-23-16(20)9-11-19(12-10-17(21)24-2)13-14-25-18(22)15-7-5-3-4-6-8-15/h15H,3-14H2,1-2H3. The average Bonchev–Trinajstić information content (AvgIpc) is 2.92. The van der Waals surface area contributed by atoms with Crippen molar-refractivity contribution in [1.29, 1.82) is 0 Å². The van der Waals surface area contributed by atoms with Gasteiger partial charge in [0.2, 0.25) is 0 Å². The Kier molecular flexibility index (Phi) is 10.9. The van der Waals surface area contributed by atoms with Crippen LogP contribution in [0, 0.1) is 5.92 Å². The van der Waals surface area contributed by atoms with Gasteiger partial charge in [0.1, 0.15) is 6.61 Å². The summed E-state index contributed by atoms with van der Waals surface area (Å²) in [6.07, 6.45) is 6.84. The van der Waals surface area contributed by atoms with Crippen LogP contribution in [0.15, 0.2) is 0 Å². The largest absolute Gasteiger partial charge is 0.469 e. The van der Waals surface area contributed by atoms with Crippen molar-refractivity contribution >= 4 is 17.9 Å². The van der Waals surface area contributed by atoms with Crippen LogP contribution in [0.2, 0.25) is 0 Å². The fraction of sp³-hybridized carbons (Fsp3) is 0.833. The highest BCUT2D eigenvalue weighted by Gasteiger charge is 2.21. The minimum absolute atomic E-state index is 0.0149. The van der Waals surface area contributed by atoms with Gasteiger partial charge >= 0.3 is 17.9 Å². The molecule has 0 amide bonds. The van der Waals surface area contributed by atoms with Gasteiger partial charge in [-0.25, -0.2) is 0 Å². The Hall–Kier alpha value is -1.63. The van der Waals surface area contributed by atoms with E-state index in [1.165, 1.54) is 27.1 Å². The molecule has 7 heteroatoms. The van der Waals surface area contributed by atoms with E-state index in [2.05, 4.69) is 9.47 Å². The minimum Gasteiger partial charge on any atom is -0.469 e. The summed E-state index contributed by atoms with van der Waals surface area (Å²) in [5, 5.41) is 0. The molecule has 1 fully saturated rings. The fourth-order valence-electron chi connectivity index (χ4n) is 2.95. The van der Waals surface area contributed by atoms with Crippen LogP contribution < -0.4 is 0 Å². The molecule has 1 aliphatic carbocycles. The van der Waals surface area contributed by atoms with Crippen molar-refractivity contribution in [1.82, 2.24) is 4.90 Å². The SMILES string of the molecule is COC(=O)CCN(CCOC(=O)C1CCCCCC1)CCC(=O)OC. The topological polar surface area (TPSA) is 82.1 Å². The van der Waals surface area contributed by atoms with Gasteiger partial charge in [0, 0.05) is 19.6 Å². The first-order valence-corrected chi connectivity index (χ1v) is 9.09. The summed E-state index contributed by atoms with van der Waals surface area (Å²) < 4.78 is 14.7. The van der Waals surface area contributed by atoms with Crippen molar-refractivity contribution in [2.24, 2.45) is 5.92 Å². The number of carbonyl (C=O) groups excluding carboxylic acids is 3. The highest BCUT2D eigenvalue weighted by Crippen LogP contribution is 2.23. The highest BCUT2D eigenvalue weighted by atomic mass is 16.5. The maximum atomic E-state index is 12.2. The van der Waals surface area contributed by atoms with Crippen LogP contribution >= 0.6 is 0 Å². The second kappa shape index (κ2) is 12.7. The number of hydrogen-bond acceptors (Lipinski definition) is 7. The van der Waals surface area contributed by atoms with Crippen molar-refractivity contribution in [3.8, 4) is 0 Å². The third-order valence-corrected chi connectivity index (χ3v) is 4.56. The first-order chi connectivity index (χ1) is 12.1. The van der Waals surface area contributed by atoms with E-state index in [1.807, 2.05) is 4.90 Å². The molecule has 1 rings (SSSR count). The molecule has 0 aliphatic heterocycles. The normalized spacial score (nSPS) is 15.5. The molecule has 7 nitrogen and oxygen atoms in total. The Balaban J connectivity index is 2.36. The van der Waals surface area contributed by atoms with Crippen LogP contribution in [0.3, 0.4) is 0 Å². The zero-order chi connectivity index (χ0) is 18.5. The van der Waals surface area contributed by atoms with Crippen molar-refractivity contribution in [2.45, 2.75) is 51.4 Å². The van der Waals surface area contributed by atoms with Gasteiger partial charge < -0.3 is 14.2 Å². The Morgan fingerprint density at radius 3 is 1.84 bits per heavy atom. The molecule has 0 aromatic rings. The third-order valence-electron chi connectivity index (χ3n) is 4.56. The molecule has 25 heavy (non-hydrogen) atoms. The van der Waals surface area contributed by atoms with Crippen LogP contribution in [0.5, 0.6) is 0 Å². The summed E-state index contributed by atoms with van der Waals surface area (Å²) >= 11 is 0. The number of ether oxygens (including phenoxy) is 3. The molecule has 0 atom stereocenters. The molecule has 0 aromatic heterocycles. The molecule has 0 N–H and O–H groups in total. The second-order valence-electron chi connectivity index (χ2n) is 6.35. The molecule has 1 aliphatic rings. The average molecular weight is 357 g/mol. The molecule has 144 valence electrons. The quantitative estimate of drug-likeness (QED) is 0.336. The van der Waals surface area contributed by atoms with Gasteiger partial charge in [-0.15, -0.1) is 0 Å². The van der Waals surface area contributed by atoms with E-state index < -0.39 is 0 Å². The van der Waals surface area contributed by atoms with Crippen molar-refractivity contribution in [3.05, 3.63) is 0 Å². The number of nitrogens with zero attached hydrogens (tertiary/aromatic N) is 1. The van der Waals surface area contributed by atoms with Crippen molar-refractivity contribution < 1.29 is 28.6 Å². The molecule has 0 unspecified atom stereocenters. The first-order valence-electron chi connectivity index (χ1n) is 9.09. The Morgan fingerprint density at radius 2 is 1.36 bits per heavy atom. The van der Waals surface area contributed by atoms with E-state index in [9.17, 15) is 14.4 Å². The van der Waals surface area contributed by atoms with Crippen LogP contribution in [-0.4, -0.2) is 63.3 Å². The van der Waals surface area contributed by atoms with E-state index in [1.54, 1.807) is 0 Å². The maximum Gasteiger partial charge on any atom is 0.308 e. The molecular weight excluding hydrogens is 326 g/mol. The van der Waals surface area contributed by atoms with E-state index >= 15 is 0 Å². The Morgan fingerprint density at radius 1 is 0.840 bits per heavy atom. The summed E-state index contributed by atoms with van der Waals surface area (Å²) in [7, 11) is 2.69. The summed E-state index contributed by atoms with van der Waals surface area (Å²) in [6, 6.07) is 0. The summed E-state index contributed by atoms with van der Waals surface area (Å²) in [6.45, 7) is 1.64. The lowest BCUT2D eigenvalue weighted by Gasteiger charge is -2.22. The number of carbonyl (C=O) groups is 3. The van der Waals surface area contributed by atoms with Crippen molar-refractivity contribution in [3.63, 3.8) is 0 Å². The number of methoxy groups -OCH3 is 2. The van der Waals surface area contributed by atoms with Gasteiger partial charge in [0.25, 0.3) is 0 Å². The summed E-state index contributed by atoms with van der Waals surface area (Å²) in [5.74, 6) is -0.721. The lowest BCUT2D eigenvalue weighted by Crippen LogP contribution is -2.33. The van der Waals surface area contributed by atoms with Gasteiger partial charge in [-0.05, 0) is 12.8 Å². The van der Waals surface area contributed by atoms with E-state index in [4.69, 9.17) is 4.74 Å². The molecule has 0 heterocycles. The van der Waals surface area contributed by atoms with Crippen LogP contribution in [0.25, 0.3) is 0 Å². The van der Waals surface area contributed by atoms with Crippen LogP contribution in [0.4, 0.5) is 0 Å². The Bertz CT molecular complexity index is 398.